The predicted octanol–water partition coefficient (Wildman–Crippen LogP) is 4.84. The van der Waals surface area contributed by atoms with Crippen LogP contribution >= 0.6 is 27.3 Å². The lowest BCUT2D eigenvalue weighted by Crippen LogP contribution is -2.40. The van der Waals surface area contributed by atoms with Crippen LogP contribution in [0.5, 0.6) is 0 Å². The maximum Gasteiger partial charge on any atom is 0.192 e. The summed E-state index contributed by atoms with van der Waals surface area (Å²) in [4.78, 5) is 12.6. The highest BCUT2D eigenvalue weighted by Gasteiger charge is 2.37. The van der Waals surface area contributed by atoms with E-state index >= 15 is 0 Å². The molecule has 0 unspecified atom stereocenters. The summed E-state index contributed by atoms with van der Waals surface area (Å²) in [5.41, 5.74) is 0. The lowest BCUT2D eigenvalue weighted by atomic mass is 10.2. The van der Waals surface area contributed by atoms with Crippen LogP contribution in [0.1, 0.15) is 35.3 Å². The molecule has 0 saturated carbocycles. The molecule has 1 heterocycles. The highest BCUT2D eigenvalue weighted by Crippen LogP contribution is 2.37. The Balaban J connectivity index is 2.70. The van der Waals surface area contributed by atoms with Gasteiger partial charge in [-0.15, -0.1) is 11.3 Å². The topological polar surface area (TPSA) is 26.3 Å². The Kier molecular flexibility index (Phi) is 4.74. The molecule has 5 heteroatoms. The second-order valence-electron chi connectivity index (χ2n) is 5.59. The molecule has 1 aromatic heterocycles. The van der Waals surface area contributed by atoms with Gasteiger partial charge in [-0.3, -0.25) is 4.79 Å². The molecule has 0 radical (unpaired) electrons. The molecule has 1 rings (SSSR count). The molecule has 0 saturated heterocycles. The Hall–Kier alpha value is 0.0269. The summed E-state index contributed by atoms with van der Waals surface area (Å²) in [5, 5.41) is 0.217. The largest absolute Gasteiger partial charge is 0.412 e. The van der Waals surface area contributed by atoms with Gasteiger partial charge in [-0.05, 0) is 40.1 Å². The first-order chi connectivity index (χ1) is 7.67. The van der Waals surface area contributed by atoms with Gasteiger partial charge in [0.1, 0.15) is 0 Å². The summed E-state index contributed by atoms with van der Waals surface area (Å²) < 4.78 is 6.97. The van der Waals surface area contributed by atoms with Gasteiger partial charge >= 0.3 is 0 Å². The minimum absolute atomic E-state index is 0.217. The van der Waals surface area contributed by atoms with Crippen LogP contribution in [-0.4, -0.2) is 14.6 Å². The molecule has 17 heavy (non-hydrogen) atoms. The number of rotatable bonds is 4. The Bertz CT molecular complexity index is 407. The van der Waals surface area contributed by atoms with Crippen LogP contribution in [0, 0.1) is 0 Å². The standard InChI is InChI=1S/C12H19BrO2SSi/c1-12(2,3)17(4,5)15-8-9-6-10(13)11(7-14)16-9/h6-7H,8H2,1-5H3. The minimum Gasteiger partial charge on any atom is -0.412 e. The van der Waals surface area contributed by atoms with Crippen molar-refractivity contribution >= 4 is 41.9 Å². The molecule has 0 bridgehead atoms. The Labute approximate surface area is 117 Å². The zero-order valence-electron chi connectivity index (χ0n) is 11.0. The number of thiophene rings is 1. The van der Waals surface area contributed by atoms with Crippen molar-refractivity contribution in [2.45, 2.75) is 45.5 Å². The van der Waals surface area contributed by atoms with Crippen molar-refractivity contribution in [3.8, 4) is 0 Å². The van der Waals surface area contributed by atoms with Crippen LogP contribution in [0.15, 0.2) is 10.5 Å². The first kappa shape index (κ1) is 15.1. The Morgan fingerprint density at radius 1 is 1.47 bits per heavy atom. The fourth-order valence-electron chi connectivity index (χ4n) is 1.05. The number of carbonyl (C=O) groups is 1. The van der Waals surface area contributed by atoms with Crippen LogP contribution < -0.4 is 0 Å². The van der Waals surface area contributed by atoms with Gasteiger partial charge in [-0.2, -0.15) is 0 Å². The van der Waals surface area contributed by atoms with Crippen molar-refractivity contribution < 1.29 is 9.22 Å². The highest BCUT2D eigenvalue weighted by atomic mass is 79.9. The quantitative estimate of drug-likeness (QED) is 0.581. The average molecular weight is 335 g/mol. The van der Waals surface area contributed by atoms with Crippen LogP contribution in [0.2, 0.25) is 18.1 Å². The molecule has 0 atom stereocenters. The summed E-state index contributed by atoms with van der Waals surface area (Å²) in [6, 6.07) is 1.97. The van der Waals surface area contributed by atoms with Gasteiger partial charge in [0.2, 0.25) is 0 Å². The fourth-order valence-corrected chi connectivity index (χ4v) is 3.65. The van der Waals surface area contributed by atoms with Crippen molar-refractivity contribution in [3.63, 3.8) is 0 Å². The van der Waals surface area contributed by atoms with Crippen molar-refractivity contribution in [1.29, 1.82) is 0 Å². The number of halogens is 1. The SMILES string of the molecule is CC(C)(C)[Si](C)(C)OCc1cc(Br)c(C=O)s1. The zero-order chi connectivity index (χ0) is 13.3. The molecule has 0 fully saturated rings. The van der Waals surface area contributed by atoms with Crippen LogP contribution in [0.4, 0.5) is 0 Å². The second-order valence-corrected chi connectivity index (χ2v) is 12.4. The normalized spacial score (nSPS) is 12.8. The van der Waals surface area contributed by atoms with E-state index in [2.05, 4.69) is 49.8 Å². The van der Waals surface area contributed by atoms with Gasteiger partial charge in [-0.25, -0.2) is 0 Å². The van der Waals surface area contributed by atoms with Gasteiger partial charge in [0.15, 0.2) is 14.6 Å². The maximum absolute atomic E-state index is 10.7. The monoisotopic (exact) mass is 334 g/mol. The van der Waals surface area contributed by atoms with E-state index in [0.29, 0.717) is 6.61 Å². The van der Waals surface area contributed by atoms with E-state index in [-0.39, 0.29) is 5.04 Å². The van der Waals surface area contributed by atoms with E-state index in [1.165, 1.54) is 11.3 Å². The van der Waals surface area contributed by atoms with Crippen molar-refractivity contribution in [2.24, 2.45) is 0 Å². The van der Waals surface area contributed by atoms with E-state index in [1.807, 2.05) is 6.07 Å². The molecular weight excluding hydrogens is 316 g/mol. The van der Waals surface area contributed by atoms with Gasteiger partial charge in [0.25, 0.3) is 0 Å². The smallest absolute Gasteiger partial charge is 0.192 e. The molecule has 0 aliphatic heterocycles. The summed E-state index contributed by atoms with van der Waals surface area (Å²) in [6.45, 7) is 11.7. The molecular formula is C12H19BrO2SSi. The summed E-state index contributed by atoms with van der Waals surface area (Å²) in [7, 11) is -1.70. The van der Waals surface area contributed by atoms with Crippen molar-refractivity contribution in [3.05, 3.63) is 20.3 Å². The zero-order valence-corrected chi connectivity index (χ0v) is 14.4. The lowest BCUT2D eigenvalue weighted by Gasteiger charge is -2.36. The van der Waals surface area contributed by atoms with Gasteiger partial charge in [0.05, 0.1) is 11.5 Å². The Morgan fingerprint density at radius 2 is 2.06 bits per heavy atom. The molecule has 1 aromatic rings. The van der Waals surface area contributed by atoms with Crippen LogP contribution in [0.3, 0.4) is 0 Å². The number of carbonyl (C=O) groups excluding carboxylic acids is 1. The first-order valence-corrected chi connectivity index (χ1v) is 10.1. The third kappa shape index (κ3) is 3.74. The van der Waals surface area contributed by atoms with E-state index in [0.717, 1.165) is 20.5 Å². The van der Waals surface area contributed by atoms with E-state index in [4.69, 9.17) is 4.43 Å². The highest BCUT2D eigenvalue weighted by molar-refractivity contribution is 9.10. The molecule has 0 aliphatic carbocycles. The molecule has 96 valence electrons. The third-order valence-electron chi connectivity index (χ3n) is 3.25. The number of hydrogen-bond donors (Lipinski definition) is 0. The van der Waals surface area contributed by atoms with E-state index in [1.54, 1.807) is 0 Å². The first-order valence-electron chi connectivity index (χ1n) is 5.55. The predicted molar refractivity (Wildman–Crippen MR) is 79.4 cm³/mol. The summed E-state index contributed by atoms with van der Waals surface area (Å²) >= 11 is 4.87. The fraction of sp³-hybridized carbons (Fsp3) is 0.583. The maximum atomic E-state index is 10.7. The molecule has 0 aromatic carbocycles. The lowest BCUT2D eigenvalue weighted by molar-refractivity contribution is 0.112. The van der Waals surface area contributed by atoms with Gasteiger partial charge in [0, 0.05) is 9.35 Å². The molecule has 0 spiro atoms. The summed E-state index contributed by atoms with van der Waals surface area (Å²) in [5.74, 6) is 0. The minimum atomic E-state index is -1.70. The van der Waals surface area contributed by atoms with E-state index in [9.17, 15) is 4.79 Å². The molecule has 0 amide bonds. The van der Waals surface area contributed by atoms with Crippen molar-refractivity contribution in [2.75, 3.05) is 0 Å². The molecule has 0 aliphatic rings. The summed E-state index contributed by atoms with van der Waals surface area (Å²) in [6.07, 6.45) is 0.880. The molecule has 2 nitrogen and oxygen atoms in total. The number of aldehydes is 1. The Morgan fingerprint density at radius 3 is 2.47 bits per heavy atom. The van der Waals surface area contributed by atoms with Crippen LogP contribution in [0.25, 0.3) is 0 Å². The van der Waals surface area contributed by atoms with Gasteiger partial charge in [-0.1, -0.05) is 20.8 Å². The van der Waals surface area contributed by atoms with E-state index < -0.39 is 8.32 Å². The third-order valence-corrected chi connectivity index (χ3v) is 9.68. The van der Waals surface area contributed by atoms with Gasteiger partial charge < -0.3 is 4.43 Å². The second kappa shape index (κ2) is 5.34. The van der Waals surface area contributed by atoms with Crippen LogP contribution in [-0.2, 0) is 11.0 Å². The molecule has 0 N–H and O–H groups in total. The van der Waals surface area contributed by atoms with Crippen molar-refractivity contribution in [1.82, 2.24) is 0 Å². The average Bonchev–Trinajstić information content (AvgIpc) is 2.54. The number of hydrogen-bond acceptors (Lipinski definition) is 3.